The summed E-state index contributed by atoms with van der Waals surface area (Å²) in [5.74, 6) is -0.835. The van der Waals surface area contributed by atoms with Gasteiger partial charge in [-0.05, 0) is 41.5 Å². The lowest BCUT2D eigenvalue weighted by Crippen LogP contribution is -2.72. The van der Waals surface area contributed by atoms with Crippen LogP contribution in [0.15, 0.2) is 152 Å². The fourth-order valence-corrected chi connectivity index (χ4v) is 11.3. The molecule has 17 atom stereocenters. The first-order chi connectivity index (χ1) is 45.7. The fraction of sp³-hybridized carbons (Fsp3) is 0.485. The molecule has 3 aliphatic heterocycles. The Morgan fingerprint density at radius 3 is 1.60 bits per heavy atom. The van der Waals surface area contributed by atoms with Gasteiger partial charge in [0.25, 0.3) is 5.91 Å². The summed E-state index contributed by atoms with van der Waals surface area (Å²) < 4.78 is 67.9. The second-order valence-electron chi connectivity index (χ2n) is 23.2. The second kappa shape index (κ2) is 35.6. The van der Waals surface area contributed by atoms with E-state index in [0.717, 1.165) is 12.0 Å². The zero-order chi connectivity index (χ0) is 66.3. The number of fused-ring (bicyclic) bond motifs is 1. The molecule has 1 unspecified atom stereocenters. The summed E-state index contributed by atoms with van der Waals surface area (Å²) in [7, 11) is 0. The molecule has 26 nitrogen and oxygen atoms in total. The molecule has 0 bridgehead atoms. The third-order valence-electron chi connectivity index (χ3n) is 16.4. The van der Waals surface area contributed by atoms with Crippen molar-refractivity contribution in [3.8, 4) is 0 Å². The van der Waals surface area contributed by atoms with Crippen molar-refractivity contribution in [2.24, 2.45) is 0 Å². The van der Waals surface area contributed by atoms with Gasteiger partial charge in [-0.3, -0.25) is 9.69 Å². The highest BCUT2D eigenvalue weighted by Gasteiger charge is 2.57. The molecule has 4 fully saturated rings. The van der Waals surface area contributed by atoms with Crippen LogP contribution in [0.5, 0.6) is 0 Å². The lowest BCUT2D eigenvalue weighted by Gasteiger charge is -2.52. The lowest BCUT2D eigenvalue weighted by molar-refractivity contribution is -0.335. The van der Waals surface area contributed by atoms with Gasteiger partial charge in [-0.25, -0.2) is 19.2 Å². The van der Waals surface area contributed by atoms with Crippen LogP contribution in [0.1, 0.15) is 80.0 Å². The molecule has 508 valence electrons. The largest absolute Gasteiger partial charge is 0.445 e. The summed E-state index contributed by atoms with van der Waals surface area (Å²) in [4.78, 5) is 72.4. The van der Waals surface area contributed by atoms with Gasteiger partial charge >= 0.3 is 24.4 Å². The summed E-state index contributed by atoms with van der Waals surface area (Å²) in [6.07, 6.45) is -24.1. The Kier molecular flexibility index (Phi) is 26.7. The van der Waals surface area contributed by atoms with Crippen molar-refractivity contribution in [2.75, 3.05) is 32.9 Å². The first-order valence-corrected chi connectivity index (χ1v) is 31.8. The Morgan fingerprint density at radius 2 is 1.05 bits per heavy atom. The molecule has 0 radical (unpaired) electrons. The van der Waals surface area contributed by atoms with Gasteiger partial charge in [0, 0.05) is 18.8 Å². The molecule has 9 N–H and O–H groups in total. The van der Waals surface area contributed by atoms with Crippen LogP contribution in [0.25, 0.3) is 0 Å². The maximum atomic E-state index is 15.1. The van der Waals surface area contributed by atoms with E-state index in [1.165, 1.54) is 4.90 Å². The van der Waals surface area contributed by atoms with Crippen LogP contribution in [-0.4, -0.2) is 191 Å². The first kappa shape index (κ1) is 70.5. The van der Waals surface area contributed by atoms with Crippen molar-refractivity contribution >= 4 is 30.3 Å². The van der Waals surface area contributed by atoms with Crippen molar-refractivity contribution in [1.29, 1.82) is 0 Å². The molecular formula is C68H85N5O21. The number of amides is 5. The van der Waals surface area contributed by atoms with Crippen LogP contribution >= 0.6 is 0 Å². The molecule has 1 aliphatic carbocycles. The van der Waals surface area contributed by atoms with Gasteiger partial charge in [0.05, 0.1) is 31.8 Å². The Bertz CT molecular complexity index is 3110. The number of nitrogens with zero attached hydrogens (tertiary/aromatic N) is 1. The number of hydrogen-bond donors (Lipinski definition) is 9. The minimum atomic E-state index is -1.93. The molecule has 5 aromatic rings. The molecule has 26 heteroatoms. The third kappa shape index (κ3) is 19.4. The lowest BCUT2D eigenvalue weighted by atomic mass is 9.83. The molecule has 94 heavy (non-hydrogen) atoms. The monoisotopic (exact) mass is 1310 g/mol. The second-order valence-corrected chi connectivity index (χ2v) is 23.2. The molecule has 3 heterocycles. The number of carbonyl (C=O) groups excluding carboxylic acids is 5. The average molecular weight is 1310 g/mol. The summed E-state index contributed by atoms with van der Waals surface area (Å²) in [5.41, 5.74) is 3.16. The van der Waals surface area contributed by atoms with Gasteiger partial charge in [-0.2, -0.15) is 0 Å². The van der Waals surface area contributed by atoms with Crippen molar-refractivity contribution in [1.82, 2.24) is 26.2 Å². The summed E-state index contributed by atoms with van der Waals surface area (Å²) >= 11 is 0. The molecule has 5 aromatic carbocycles. The third-order valence-corrected chi connectivity index (χ3v) is 16.4. The highest BCUT2D eigenvalue weighted by atomic mass is 16.7. The molecular weight excluding hydrogens is 1220 g/mol. The van der Waals surface area contributed by atoms with Gasteiger partial charge in [-0.15, -0.1) is 0 Å². The van der Waals surface area contributed by atoms with Crippen molar-refractivity contribution in [3.63, 3.8) is 0 Å². The highest BCUT2D eigenvalue weighted by Crippen LogP contribution is 2.39. The van der Waals surface area contributed by atoms with E-state index in [2.05, 4.69) is 21.3 Å². The minimum absolute atomic E-state index is 0.0444. The van der Waals surface area contributed by atoms with Crippen LogP contribution in [0, 0.1) is 0 Å². The normalized spacial score (nSPS) is 27.1. The first-order valence-electron chi connectivity index (χ1n) is 31.8. The summed E-state index contributed by atoms with van der Waals surface area (Å²) in [6.45, 7) is 2.12. The Hall–Kier alpha value is -7.83. The predicted octanol–water partition coefficient (Wildman–Crippen LogP) is 5.15. The van der Waals surface area contributed by atoms with Crippen LogP contribution in [0.3, 0.4) is 0 Å². The van der Waals surface area contributed by atoms with E-state index in [9.17, 15) is 44.7 Å². The van der Waals surface area contributed by atoms with Gasteiger partial charge in [0.15, 0.2) is 24.9 Å². The molecule has 4 aliphatic rings. The van der Waals surface area contributed by atoms with Gasteiger partial charge in [0.2, 0.25) is 0 Å². The number of ether oxygens (including phenoxy) is 11. The van der Waals surface area contributed by atoms with Gasteiger partial charge in [0.1, 0.15) is 93.5 Å². The number of aliphatic hydroxyl groups is 5. The molecule has 5 amide bonds. The van der Waals surface area contributed by atoms with E-state index < -0.39 is 147 Å². The smallest absolute Gasteiger partial charge is 0.412 e. The average Bonchev–Trinajstić information content (AvgIpc) is 0.773. The number of benzene rings is 5. The number of rotatable bonds is 29. The molecule has 0 spiro atoms. The highest BCUT2D eigenvalue weighted by molar-refractivity contribution is 5.82. The minimum Gasteiger partial charge on any atom is -0.445 e. The van der Waals surface area contributed by atoms with E-state index in [-0.39, 0.29) is 52.7 Å². The molecule has 1 saturated carbocycles. The van der Waals surface area contributed by atoms with E-state index in [1.807, 2.05) is 26.0 Å². The SMILES string of the molecule is CCCCO[C@H](C(=O)N[C@@H]1C[C@H](NC(=O)OCc2ccccc2)[C@@H](O[C@H]2O[C@@H]3CN(C(=O)OCc4ccccc4)C(c4ccccc4)O[C@H]3[C@@H](O)[C@H]2NC(=O)OCc2ccccc2)[C@H](O[C@@H]2O[C@H](CO)[C@@H](O)[C@H]2O)[C@H]1O)[C@@H](CNC(=O)OCc1ccccc1)OCCCC. The van der Waals surface area contributed by atoms with Crippen LogP contribution in [0.4, 0.5) is 19.2 Å². The van der Waals surface area contributed by atoms with Crippen LogP contribution in [0.2, 0.25) is 0 Å². The topological polar surface area (TPSA) is 339 Å². The molecule has 3 saturated heterocycles. The van der Waals surface area contributed by atoms with E-state index in [4.69, 9.17) is 52.1 Å². The fourth-order valence-electron chi connectivity index (χ4n) is 11.3. The zero-order valence-electron chi connectivity index (χ0n) is 52.4. The van der Waals surface area contributed by atoms with E-state index in [0.29, 0.717) is 41.5 Å². The number of alkyl carbamates (subject to hydrolysis) is 3. The van der Waals surface area contributed by atoms with Gasteiger partial charge in [-0.1, -0.05) is 178 Å². The molecule has 9 rings (SSSR count). The molecule has 0 aromatic heterocycles. The number of carbonyl (C=O) groups is 5. The van der Waals surface area contributed by atoms with Crippen molar-refractivity contribution in [3.05, 3.63) is 179 Å². The van der Waals surface area contributed by atoms with Crippen LogP contribution < -0.4 is 21.3 Å². The number of unbranched alkanes of at least 4 members (excludes halogenated alkanes) is 2. The summed E-state index contributed by atoms with van der Waals surface area (Å²) in [6, 6.07) is 39.7. The Morgan fingerprint density at radius 1 is 0.543 bits per heavy atom. The zero-order valence-corrected chi connectivity index (χ0v) is 52.4. The predicted molar refractivity (Wildman–Crippen MR) is 333 cm³/mol. The van der Waals surface area contributed by atoms with Crippen LogP contribution in [-0.2, 0) is 83.3 Å². The number of hydrogen-bond acceptors (Lipinski definition) is 21. The quantitative estimate of drug-likeness (QED) is 0.0221. The summed E-state index contributed by atoms with van der Waals surface area (Å²) in [5, 5.41) is 69.5. The Labute approximate surface area is 544 Å². The van der Waals surface area contributed by atoms with Crippen molar-refractivity contribution in [2.45, 2.75) is 176 Å². The number of aliphatic hydroxyl groups excluding tert-OH is 5. The number of nitrogens with one attached hydrogen (secondary N) is 4. The van der Waals surface area contributed by atoms with Crippen molar-refractivity contribution < 1.29 is 102 Å². The van der Waals surface area contributed by atoms with E-state index >= 15 is 4.79 Å². The maximum Gasteiger partial charge on any atom is 0.412 e. The maximum absolute atomic E-state index is 15.1. The standard InChI is InChI=1S/C68H85N5O21/c1-3-5-32-84-49(35-69-65(80)86-38-42-22-12-7-13-23-42)59(85-33-6-4-2)61(79)70-47-34-48(71-66(81)87-39-43-24-14-8-15-25-43)57(60(53(47)75)94-64-56(78)54(76)51(37-74)91-64)93-63-52(72-67(82)88-40-44-26-16-9-17-27-44)55(77)58-50(90-63)36-73(62(92-58)46-30-20-11-21-31-46)68(83)89-41-45-28-18-10-19-29-45/h7-31,47-60,62-64,74-78H,3-6,32-41H2,1-2H3,(H,69,80)(H,70,79)(H,71,81)(H,72,82)/t47-,48+,49-,50-,51-,52-,53+,54-,55+,56-,57-,58-,59+,60-,62?,63-,64+/m1/s1. The Balaban J connectivity index is 1.07. The van der Waals surface area contributed by atoms with Gasteiger partial charge < -0.3 is 98.9 Å². The van der Waals surface area contributed by atoms with E-state index in [1.54, 1.807) is 140 Å².